The molecule has 1 heterocycles. The summed E-state index contributed by atoms with van der Waals surface area (Å²) >= 11 is 11.5. The lowest BCUT2D eigenvalue weighted by Crippen LogP contribution is -2.34. The van der Waals surface area contributed by atoms with Crippen molar-refractivity contribution in [1.29, 1.82) is 0 Å². The van der Waals surface area contributed by atoms with Crippen molar-refractivity contribution in [3.05, 3.63) is 28.0 Å². The van der Waals surface area contributed by atoms with Crippen LogP contribution in [0.15, 0.2) is 12.3 Å². The fourth-order valence-corrected chi connectivity index (χ4v) is 1.81. The zero-order chi connectivity index (χ0) is 12.8. The Kier molecular flexibility index (Phi) is 5.72. The molecule has 1 N–H and O–H groups in total. The van der Waals surface area contributed by atoms with Crippen molar-refractivity contribution < 1.29 is 4.79 Å². The smallest absolute Gasteiger partial charge is 0.253 e. The third-order valence-corrected chi connectivity index (χ3v) is 3.21. The van der Waals surface area contributed by atoms with E-state index in [1.165, 1.54) is 12.3 Å². The second-order valence-corrected chi connectivity index (χ2v) is 4.63. The molecule has 0 fully saturated rings. The van der Waals surface area contributed by atoms with Crippen molar-refractivity contribution in [1.82, 2.24) is 10.3 Å². The maximum Gasteiger partial charge on any atom is 0.253 e. The van der Waals surface area contributed by atoms with Gasteiger partial charge in [0.25, 0.3) is 5.91 Å². The van der Waals surface area contributed by atoms with Crippen molar-refractivity contribution in [3.8, 4) is 0 Å². The number of nitrogens with one attached hydrogen (secondary N) is 1. The number of nitrogens with zero attached hydrogens (tertiary/aromatic N) is 1. The van der Waals surface area contributed by atoms with Gasteiger partial charge < -0.3 is 5.32 Å². The Morgan fingerprint density at radius 1 is 1.47 bits per heavy atom. The van der Waals surface area contributed by atoms with E-state index in [2.05, 4.69) is 17.2 Å². The van der Waals surface area contributed by atoms with E-state index in [1.54, 1.807) is 0 Å². The van der Waals surface area contributed by atoms with Crippen LogP contribution in [-0.2, 0) is 0 Å². The predicted molar refractivity (Wildman–Crippen MR) is 70.7 cm³/mol. The number of carbonyl (C=O) groups excluding carboxylic acids is 1. The normalized spacial score (nSPS) is 12.2. The Balaban J connectivity index is 2.72. The fourth-order valence-electron chi connectivity index (χ4n) is 1.54. The number of hydrogen-bond donors (Lipinski definition) is 1. The monoisotopic (exact) mass is 274 g/mol. The quantitative estimate of drug-likeness (QED) is 0.832. The van der Waals surface area contributed by atoms with Gasteiger partial charge in [-0.1, -0.05) is 43.5 Å². The lowest BCUT2D eigenvalue weighted by molar-refractivity contribution is 0.0933. The number of pyridine rings is 1. The molecule has 0 aromatic carbocycles. The average Bonchev–Trinajstić information content (AvgIpc) is 2.31. The first-order chi connectivity index (χ1) is 8.08. The van der Waals surface area contributed by atoms with E-state index in [4.69, 9.17) is 23.2 Å². The zero-order valence-electron chi connectivity index (χ0n) is 9.96. The Morgan fingerprint density at radius 2 is 2.18 bits per heavy atom. The summed E-state index contributed by atoms with van der Waals surface area (Å²) in [4.78, 5) is 15.8. The SMILES string of the molecule is CCCC(CC)NC(=O)c1cnc(Cl)c(Cl)c1. The molecular weight excluding hydrogens is 259 g/mol. The topological polar surface area (TPSA) is 42.0 Å². The van der Waals surface area contributed by atoms with Crippen LogP contribution in [0.5, 0.6) is 0 Å². The molecule has 1 aromatic heterocycles. The zero-order valence-corrected chi connectivity index (χ0v) is 11.5. The van der Waals surface area contributed by atoms with Crippen LogP contribution in [0.3, 0.4) is 0 Å². The van der Waals surface area contributed by atoms with Crippen LogP contribution in [-0.4, -0.2) is 16.9 Å². The fraction of sp³-hybridized carbons (Fsp3) is 0.500. The Morgan fingerprint density at radius 3 is 2.71 bits per heavy atom. The van der Waals surface area contributed by atoms with E-state index in [0.29, 0.717) is 10.6 Å². The molecule has 0 aliphatic heterocycles. The third kappa shape index (κ3) is 4.17. The van der Waals surface area contributed by atoms with Gasteiger partial charge in [0.1, 0.15) is 5.15 Å². The third-order valence-electron chi connectivity index (χ3n) is 2.52. The maximum atomic E-state index is 11.9. The van der Waals surface area contributed by atoms with E-state index in [0.717, 1.165) is 19.3 Å². The second kappa shape index (κ2) is 6.82. The number of amides is 1. The first-order valence-electron chi connectivity index (χ1n) is 5.70. The van der Waals surface area contributed by atoms with Crippen LogP contribution in [0, 0.1) is 0 Å². The first-order valence-corrected chi connectivity index (χ1v) is 6.46. The molecule has 1 unspecified atom stereocenters. The van der Waals surface area contributed by atoms with Gasteiger partial charge in [-0.05, 0) is 18.9 Å². The van der Waals surface area contributed by atoms with E-state index in [9.17, 15) is 4.79 Å². The summed E-state index contributed by atoms with van der Waals surface area (Å²) in [5, 5.41) is 3.46. The molecule has 94 valence electrons. The summed E-state index contributed by atoms with van der Waals surface area (Å²) in [6, 6.07) is 1.73. The molecule has 3 nitrogen and oxygen atoms in total. The number of carbonyl (C=O) groups is 1. The second-order valence-electron chi connectivity index (χ2n) is 3.86. The first kappa shape index (κ1) is 14.3. The van der Waals surface area contributed by atoms with Gasteiger partial charge in [-0.15, -0.1) is 0 Å². The molecule has 1 aromatic rings. The maximum absolute atomic E-state index is 11.9. The highest BCUT2D eigenvalue weighted by Gasteiger charge is 2.13. The molecule has 17 heavy (non-hydrogen) atoms. The number of halogens is 2. The largest absolute Gasteiger partial charge is 0.349 e. The molecule has 0 aliphatic rings. The molecule has 1 rings (SSSR count). The van der Waals surface area contributed by atoms with Gasteiger partial charge in [0, 0.05) is 12.2 Å². The van der Waals surface area contributed by atoms with Crippen molar-refractivity contribution >= 4 is 29.1 Å². The summed E-state index contributed by atoms with van der Waals surface area (Å²) in [7, 11) is 0. The van der Waals surface area contributed by atoms with Crippen LogP contribution in [0.1, 0.15) is 43.5 Å². The van der Waals surface area contributed by atoms with Crippen molar-refractivity contribution in [2.45, 2.75) is 39.2 Å². The Bertz CT molecular complexity index is 396. The van der Waals surface area contributed by atoms with Gasteiger partial charge >= 0.3 is 0 Å². The van der Waals surface area contributed by atoms with E-state index >= 15 is 0 Å². The minimum Gasteiger partial charge on any atom is -0.349 e. The van der Waals surface area contributed by atoms with Crippen LogP contribution in [0.4, 0.5) is 0 Å². The molecule has 0 spiro atoms. The van der Waals surface area contributed by atoms with E-state index in [1.807, 2.05) is 6.92 Å². The Hall–Kier alpha value is -0.800. The number of rotatable bonds is 5. The highest BCUT2D eigenvalue weighted by atomic mass is 35.5. The van der Waals surface area contributed by atoms with Crippen LogP contribution in [0.25, 0.3) is 0 Å². The van der Waals surface area contributed by atoms with Gasteiger partial charge in [-0.3, -0.25) is 4.79 Å². The lowest BCUT2D eigenvalue weighted by atomic mass is 10.1. The molecule has 0 saturated carbocycles. The van der Waals surface area contributed by atoms with Crippen molar-refractivity contribution in [2.24, 2.45) is 0 Å². The van der Waals surface area contributed by atoms with Crippen LogP contribution in [0.2, 0.25) is 10.2 Å². The van der Waals surface area contributed by atoms with Crippen molar-refractivity contribution in [2.75, 3.05) is 0 Å². The highest BCUT2D eigenvalue weighted by Crippen LogP contribution is 2.19. The minimum absolute atomic E-state index is 0.156. The average molecular weight is 275 g/mol. The number of hydrogen-bond acceptors (Lipinski definition) is 2. The lowest BCUT2D eigenvalue weighted by Gasteiger charge is -2.15. The molecule has 0 radical (unpaired) electrons. The predicted octanol–water partition coefficient (Wildman–Crippen LogP) is 3.70. The molecule has 0 saturated heterocycles. The molecule has 5 heteroatoms. The van der Waals surface area contributed by atoms with Gasteiger partial charge in [-0.25, -0.2) is 4.98 Å². The van der Waals surface area contributed by atoms with Crippen LogP contribution >= 0.6 is 23.2 Å². The summed E-state index contributed by atoms with van der Waals surface area (Å²) < 4.78 is 0. The van der Waals surface area contributed by atoms with Gasteiger partial charge in [0.05, 0.1) is 10.6 Å². The van der Waals surface area contributed by atoms with Gasteiger partial charge in [0.2, 0.25) is 0 Å². The minimum atomic E-state index is -0.156. The van der Waals surface area contributed by atoms with Crippen molar-refractivity contribution in [3.63, 3.8) is 0 Å². The van der Waals surface area contributed by atoms with E-state index in [-0.39, 0.29) is 17.1 Å². The van der Waals surface area contributed by atoms with Gasteiger partial charge in [0.15, 0.2) is 0 Å². The Labute approximate surface area is 112 Å². The molecule has 1 amide bonds. The summed E-state index contributed by atoms with van der Waals surface area (Å²) in [5.41, 5.74) is 0.439. The molecule has 1 atom stereocenters. The molecular formula is C12H16Cl2N2O. The highest BCUT2D eigenvalue weighted by molar-refractivity contribution is 6.41. The summed E-state index contributed by atoms with van der Waals surface area (Å²) in [5.74, 6) is -0.156. The molecule has 0 bridgehead atoms. The van der Waals surface area contributed by atoms with Crippen LogP contribution < -0.4 is 5.32 Å². The summed E-state index contributed by atoms with van der Waals surface area (Å²) in [6.07, 6.45) is 4.35. The summed E-state index contributed by atoms with van der Waals surface area (Å²) in [6.45, 7) is 4.14. The van der Waals surface area contributed by atoms with E-state index < -0.39 is 0 Å². The standard InChI is InChI=1S/C12H16Cl2N2O/c1-3-5-9(4-2)16-12(17)8-6-10(13)11(14)15-7-8/h6-7,9H,3-5H2,1-2H3,(H,16,17). The molecule has 0 aliphatic carbocycles. The van der Waals surface area contributed by atoms with Gasteiger partial charge in [-0.2, -0.15) is 0 Å². The number of aromatic nitrogens is 1.